The van der Waals surface area contributed by atoms with E-state index >= 15 is 0 Å². The van der Waals surface area contributed by atoms with Crippen LogP contribution in [0.25, 0.3) is 66.9 Å². The second-order valence-electron chi connectivity index (χ2n) is 14.1. The maximum atomic E-state index is 7.27. The summed E-state index contributed by atoms with van der Waals surface area (Å²) in [5.41, 5.74) is 13.7. The van der Waals surface area contributed by atoms with Gasteiger partial charge in [0.2, 0.25) is 0 Å². The number of benzene rings is 8. The first-order valence-electron chi connectivity index (χ1n) is 18.4. The van der Waals surface area contributed by atoms with Crippen LogP contribution in [0.3, 0.4) is 0 Å². The topological polar surface area (TPSA) is 35.0 Å². The van der Waals surface area contributed by atoms with Gasteiger partial charge in [0.25, 0.3) is 0 Å². The lowest BCUT2D eigenvalue weighted by molar-refractivity contribution is 0.443. The molecule has 0 radical (unpaired) electrons. The van der Waals surface area contributed by atoms with Gasteiger partial charge in [-0.05, 0) is 45.3 Å². The number of aromatic nitrogens is 2. The normalized spacial score (nSPS) is 13.1. The van der Waals surface area contributed by atoms with Crippen LogP contribution < -0.4 is 4.74 Å². The van der Waals surface area contributed by atoms with Gasteiger partial charge in [-0.2, -0.15) is 0 Å². The Labute approximate surface area is 313 Å². The van der Waals surface area contributed by atoms with E-state index in [-0.39, 0.29) is 0 Å². The quantitative estimate of drug-likeness (QED) is 0.185. The van der Waals surface area contributed by atoms with Crippen LogP contribution in [-0.4, -0.2) is 9.97 Å². The second kappa shape index (κ2) is 12.0. The molecule has 0 amide bonds. The molecule has 0 bridgehead atoms. The number of rotatable bonds is 4. The zero-order valence-corrected chi connectivity index (χ0v) is 29.3. The molecule has 252 valence electrons. The summed E-state index contributed by atoms with van der Waals surface area (Å²) in [4.78, 5) is 10.2. The highest BCUT2D eigenvalue weighted by atomic mass is 16.5. The Balaban J connectivity index is 1.15. The lowest BCUT2D eigenvalue weighted by Crippen LogP contribution is -2.32. The van der Waals surface area contributed by atoms with Gasteiger partial charge in [-0.15, -0.1) is 0 Å². The highest BCUT2D eigenvalue weighted by Crippen LogP contribution is 2.64. The molecule has 0 N–H and O–H groups in total. The molecule has 3 heteroatoms. The second-order valence-corrected chi connectivity index (χ2v) is 14.1. The molecular formula is C51H32N2O. The average Bonchev–Trinajstić information content (AvgIpc) is 3.54. The van der Waals surface area contributed by atoms with Crippen LogP contribution in [0, 0.1) is 0 Å². The van der Waals surface area contributed by atoms with Gasteiger partial charge in [0, 0.05) is 38.8 Å². The summed E-state index contributed by atoms with van der Waals surface area (Å²) < 4.78 is 7.27. The molecule has 0 atom stereocenters. The first-order valence-corrected chi connectivity index (χ1v) is 18.4. The molecule has 1 spiro atoms. The van der Waals surface area contributed by atoms with E-state index in [4.69, 9.17) is 14.7 Å². The van der Waals surface area contributed by atoms with E-state index in [0.717, 1.165) is 67.0 Å². The van der Waals surface area contributed by atoms with Crippen molar-refractivity contribution in [2.75, 3.05) is 0 Å². The van der Waals surface area contributed by atoms with Gasteiger partial charge in [-0.25, -0.2) is 9.97 Å². The molecule has 1 aliphatic heterocycles. The first-order chi connectivity index (χ1) is 26.8. The van der Waals surface area contributed by atoms with Crippen LogP contribution in [-0.2, 0) is 5.41 Å². The fraction of sp³-hybridized carbons (Fsp3) is 0.0196. The summed E-state index contributed by atoms with van der Waals surface area (Å²) in [6.07, 6.45) is 0. The van der Waals surface area contributed by atoms with Crippen molar-refractivity contribution in [3.05, 3.63) is 216 Å². The van der Waals surface area contributed by atoms with Crippen molar-refractivity contribution in [1.82, 2.24) is 9.97 Å². The third-order valence-electron chi connectivity index (χ3n) is 11.2. The van der Waals surface area contributed by atoms with Crippen molar-refractivity contribution >= 4 is 10.8 Å². The third kappa shape index (κ3) is 4.49. The number of hydrogen-bond acceptors (Lipinski definition) is 3. The molecule has 0 saturated carbocycles. The Hall–Kier alpha value is -7.10. The minimum atomic E-state index is -0.560. The number of ether oxygens (including phenoxy) is 1. The molecule has 11 rings (SSSR count). The minimum absolute atomic E-state index is 0.560. The SMILES string of the molecule is c1ccc(-c2cc(-c3cccc(-c4cccc5c4Oc4c(ccc6ccccc46)C54c5ccccc5-c5ccccc54)c3)nc(-c3ccccc3)n2)cc1. The Morgan fingerprint density at radius 1 is 0.352 bits per heavy atom. The lowest BCUT2D eigenvalue weighted by Gasteiger charge is -2.40. The summed E-state index contributed by atoms with van der Waals surface area (Å²) in [6.45, 7) is 0. The van der Waals surface area contributed by atoms with Gasteiger partial charge in [0.05, 0.1) is 16.8 Å². The molecule has 8 aromatic carbocycles. The van der Waals surface area contributed by atoms with E-state index < -0.39 is 5.41 Å². The van der Waals surface area contributed by atoms with E-state index in [1.165, 1.54) is 27.8 Å². The number of para-hydroxylation sites is 1. The average molecular weight is 689 g/mol. The first kappa shape index (κ1) is 30.5. The molecule has 54 heavy (non-hydrogen) atoms. The van der Waals surface area contributed by atoms with Crippen molar-refractivity contribution in [2.45, 2.75) is 5.41 Å². The maximum Gasteiger partial charge on any atom is 0.160 e. The van der Waals surface area contributed by atoms with Crippen LogP contribution >= 0.6 is 0 Å². The molecular weight excluding hydrogens is 657 g/mol. The zero-order chi connectivity index (χ0) is 35.6. The van der Waals surface area contributed by atoms with Gasteiger partial charge >= 0.3 is 0 Å². The Morgan fingerprint density at radius 3 is 1.65 bits per heavy atom. The monoisotopic (exact) mass is 688 g/mol. The van der Waals surface area contributed by atoms with Gasteiger partial charge in [0.15, 0.2) is 5.82 Å². The van der Waals surface area contributed by atoms with Gasteiger partial charge in [0.1, 0.15) is 11.5 Å². The van der Waals surface area contributed by atoms with Crippen molar-refractivity contribution in [1.29, 1.82) is 0 Å². The van der Waals surface area contributed by atoms with E-state index in [2.05, 4.69) is 158 Å². The highest BCUT2D eigenvalue weighted by molar-refractivity contribution is 5.97. The molecule has 1 aromatic heterocycles. The summed E-state index contributed by atoms with van der Waals surface area (Å²) in [7, 11) is 0. The zero-order valence-electron chi connectivity index (χ0n) is 29.3. The predicted octanol–water partition coefficient (Wildman–Crippen LogP) is 12.8. The Kier molecular flexibility index (Phi) is 6.77. The summed E-state index contributed by atoms with van der Waals surface area (Å²) in [6, 6.07) is 68.8. The summed E-state index contributed by atoms with van der Waals surface area (Å²) >= 11 is 0. The van der Waals surface area contributed by atoms with E-state index in [9.17, 15) is 0 Å². The van der Waals surface area contributed by atoms with Crippen LogP contribution in [0.4, 0.5) is 0 Å². The standard InChI is InChI=1S/C51H32N2O/c1-3-16-34(17-4-1)46-32-47(53-50(52-46)35-18-5-2-6-19-35)37-21-13-20-36(31-37)39-25-14-28-44-49(39)54-48-38-22-8-7-15-33(38)29-30-45(48)51(44)42-26-11-9-23-40(42)41-24-10-12-27-43(41)51/h1-32H. The van der Waals surface area contributed by atoms with Crippen LogP contribution in [0.2, 0.25) is 0 Å². The third-order valence-corrected chi connectivity index (χ3v) is 11.2. The van der Waals surface area contributed by atoms with Gasteiger partial charge in [-0.3, -0.25) is 0 Å². The summed E-state index contributed by atoms with van der Waals surface area (Å²) in [5.74, 6) is 2.48. The van der Waals surface area contributed by atoms with Crippen molar-refractivity contribution < 1.29 is 4.74 Å². The Morgan fingerprint density at radius 2 is 0.889 bits per heavy atom. The molecule has 1 aliphatic carbocycles. The fourth-order valence-electron chi connectivity index (χ4n) is 8.79. The molecule has 3 nitrogen and oxygen atoms in total. The predicted molar refractivity (Wildman–Crippen MR) is 219 cm³/mol. The van der Waals surface area contributed by atoms with Gasteiger partial charge < -0.3 is 4.74 Å². The molecule has 0 saturated heterocycles. The number of nitrogens with zero attached hydrogens (tertiary/aromatic N) is 2. The van der Waals surface area contributed by atoms with Crippen molar-refractivity contribution in [2.24, 2.45) is 0 Å². The van der Waals surface area contributed by atoms with Crippen LogP contribution in [0.5, 0.6) is 11.5 Å². The van der Waals surface area contributed by atoms with Crippen molar-refractivity contribution in [3.8, 4) is 67.7 Å². The largest absolute Gasteiger partial charge is 0.455 e. The van der Waals surface area contributed by atoms with Crippen molar-refractivity contribution in [3.63, 3.8) is 0 Å². The smallest absolute Gasteiger partial charge is 0.160 e. The lowest BCUT2D eigenvalue weighted by atomic mass is 9.65. The molecule has 0 fully saturated rings. The molecule has 2 heterocycles. The minimum Gasteiger partial charge on any atom is -0.455 e. The van der Waals surface area contributed by atoms with E-state index in [1.54, 1.807) is 0 Å². The number of hydrogen-bond donors (Lipinski definition) is 0. The van der Waals surface area contributed by atoms with Crippen LogP contribution in [0.15, 0.2) is 194 Å². The Bertz CT molecular complexity index is 2810. The molecule has 9 aromatic rings. The van der Waals surface area contributed by atoms with Crippen LogP contribution in [0.1, 0.15) is 22.3 Å². The highest BCUT2D eigenvalue weighted by Gasteiger charge is 2.51. The van der Waals surface area contributed by atoms with E-state index in [0.29, 0.717) is 5.82 Å². The number of fused-ring (bicyclic) bond motifs is 11. The van der Waals surface area contributed by atoms with E-state index in [1.807, 2.05) is 36.4 Å². The maximum absolute atomic E-state index is 7.27. The van der Waals surface area contributed by atoms with Gasteiger partial charge in [-0.1, -0.05) is 182 Å². The molecule has 2 aliphatic rings. The fourth-order valence-corrected chi connectivity index (χ4v) is 8.79. The molecule has 0 unspecified atom stereocenters. The summed E-state index contributed by atoms with van der Waals surface area (Å²) in [5, 5.41) is 2.26.